The van der Waals surface area contributed by atoms with Gasteiger partial charge in [0.1, 0.15) is 16.0 Å². The zero-order valence-electron chi connectivity index (χ0n) is 10.3. The molecule has 0 aromatic heterocycles. The van der Waals surface area contributed by atoms with Crippen molar-refractivity contribution >= 4 is 38.6 Å². The molecule has 1 aliphatic rings. The first-order chi connectivity index (χ1) is 9.33. The molecule has 1 heterocycles. The summed E-state index contributed by atoms with van der Waals surface area (Å²) in [4.78, 5) is 10.7. The van der Waals surface area contributed by atoms with Crippen molar-refractivity contribution in [3.8, 4) is 0 Å². The fraction of sp³-hybridized carbons (Fsp3) is 0.273. The van der Waals surface area contributed by atoms with Crippen molar-refractivity contribution in [1.82, 2.24) is 0 Å². The van der Waals surface area contributed by atoms with Crippen LogP contribution in [0.15, 0.2) is 27.5 Å². The molecule has 2 N–H and O–H groups in total. The van der Waals surface area contributed by atoms with Gasteiger partial charge in [0.05, 0.1) is 5.69 Å². The molecular weight excluding hydrogens is 307 g/mol. The lowest BCUT2D eigenvalue weighted by atomic mass is 10.3. The van der Waals surface area contributed by atoms with Crippen molar-refractivity contribution in [2.45, 2.75) is 23.5 Å². The number of hydrogen-bond acceptors (Lipinski definition) is 5. The van der Waals surface area contributed by atoms with Crippen LogP contribution in [-0.4, -0.2) is 29.9 Å². The smallest absolute Gasteiger partial charge is 0.317 e. The molecule has 0 radical (unpaired) electrons. The third-order valence-electron chi connectivity index (χ3n) is 2.57. The number of nitrogens with one attached hydrogen (secondary N) is 1. The van der Waals surface area contributed by atoms with Gasteiger partial charge in [0.2, 0.25) is 0 Å². The van der Waals surface area contributed by atoms with Crippen LogP contribution >= 0.6 is 11.8 Å². The van der Waals surface area contributed by atoms with Gasteiger partial charge in [-0.3, -0.25) is 4.79 Å². The molecule has 1 unspecified atom stereocenters. The predicted octanol–water partition coefficient (Wildman–Crippen LogP) is 1.89. The summed E-state index contributed by atoms with van der Waals surface area (Å²) in [6.07, 6.45) is 0.316. The number of halogens is 1. The van der Waals surface area contributed by atoms with Gasteiger partial charge in [-0.15, -0.1) is 4.40 Å². The standard InChI is InChI=1S/C11H11FN2O4S2/c1-2-8(10(15)16)19-11-13-7-4-3-6(12)5-9(7)20(17,18)14-11/h3-5,8H,2H2,1H3,(H,13,14)(H,15,16). The molecule has 0 amide bonds. The molecule has 0 saturated carbocycles. The summed E-state index contributed by atoms with van der Waals surface area (Å²) in [5.41, 5.74) is 0.184. The van der Waals surface area contributed by atoms with Crippen LogP contribution in [0.3, 0.4) is 0 Å². The summed E-state index contributed by atoms with van der Waals surface area (Å²) in [5, 5.41) is 10.8. The quantitative estimate of drug-likeness (QED) is 0.883. The van der Waals surface area contributed by atoms with Gasteiger partial charge in [-0.1, -0.05) is 18.7 Å². The number of benzene rings is 1. The second-order valence-corrected chi connectivity index (χ2v) is 6.75. The Balaban J connectivity index is 2.35. The molecule has 0 aliphatic carbocycles. The highest BCUT2D eigenvalue weighted by Crippen LogP contribution is 2.31. The number of anilines is 1. The van der Waals surface area contributed by atoms with E-state index >= 15 is 0 Å². The Hall–Kier alpha value is -1.61. The van der Waals surface area contributed by atoms with E-state index in [1.54, 1.807) is 6.92 Å². The molecule has 6 nitrogen and oxygen atoms in total. The van der Waals surface area contributed by atoms with E-state index in [2.05, 4.69) is 9.71 Å². The second kappa shape index (κ2) is 5.41. The molecule has 108 valence electrons. The second-order valence-electron chi connectivity index (χ2n) is 3.99. The summed E-state index contributed by atoms with van der Waals surface area (Å²) >= 11 is 0.810. The van der Waals surface area contributed by atoms with Crippen LogP contribution in [-0.2, 0) is 14.8 Å². The first-order valence-electron chi connectivity index (χ1n) is 5.64. The minimum Gasteiger partial charge on any atom is -0.480 e. The van der Waals surface area contributed by atoms with Gasteiger partial charge in [-0.05, 0) is 24.6 Å². The largest absolute Gasteiger partial charge is 0.480 e. The minimum absolute atomic E-state index is 0.0293. The third-order valence-corrected chi connectivity index (χ3v) is 5.23. The minimum atomic E-state index is -4.02. The number of carboxylic acids is 1. The average molecular weight is 318 g/mol. The van der Waals surface area contributed by atoms with Crippen LogP contribution in [0.5, 0.6) is 0 Å². The van der Waals surface area contributed by atoms with Gasteiger partial charge < -0.3 is 10.4 Å². The van der Waals surface area contributed by atoms with Crippen molar-refractivity contribution in [2.75, 3.05) is 5.32 Å². The highest BCUT2D eigenvalue weighted by Gasteiger charge is 2.28. The number of carboxylic acid groups (broad SMARTS) is 1. The van der Waals surface area contributed by atoms with E-state index in [9.17, 15) is 17.6 Å². The molecule has 9 heteroatoms. The number of rotatable bonds is 3. The number of thioether (sulfide) groups is 1. The average Bonchev–Trinajstić information content (AvgIpc) is 2.36. The molecule has 1 aliphatic heterocycles. The van der Waals surface area contributed by atoms with E-state index in [4.69, 9.17) is 5.11 Å². The molecule has 2 rings (SSSR count). The van der Waals surface area contributed by atoms with Crippen LogP contribution in [0.25, 0.3) is 0 Å². The zero-order valence-corrected chi connectivity index (χ0v) is 12.0. The Morgan fingerprint density at radius 2 is 2.25 bits per heavy atom. The number of nitrogens with zero attached hydrogens (tertiary/aromatic N) is 1. The van der Waals surface area contributed by atoms with Gasteiger partial charge in [0.25, 0.3) is 10.0 Å². The molecule has 1 aromatic carbocycles. The van der Waals surface area contributed by atoms with Crippen LogP contribution in [0, 0.1) is 5.82 Å². The van der Waals surface area contributed by atoms with Crippen LogP contribution in [0.2, 0.25) is 0 Å². The van der Waals surface area contributed by atoms with Gasteiger partial charge in [0, 0.05) is 0 Å². The first kappa shape index (κ1) is 14.8. The third kappa shape index (κ3) is 2.93. The van der Waals surface area contributed by atoms with E-state index in [0.29, 0.717) is 6.42 Å². The van der Waals surface area contributed by atoms with Gasteiger partial charge in [-0.2, -0.15) is 8.42 Å². The van der Waals surface area contributed by atoms with Crippen molar-refractivity contribution in [1.29, 1.82) is 0 Å². The molecule has 0 spiro atoms. The van der Waals surface area contributed by atoms with E-state index in [1.165, 1.54) is 6.07 Å². The van der Waals surface area contributed by atoms with Crippen molar-refractivity contribution < 1.29 is 22.7 Å². The van der Waals surface area contributed by atoms with Crippen molar-refractivity contribution in [3.63, 3.8) is 0 Å². The summed E-state index contributed by atoms with van der Waals surface area (Å²) in [7, 11) is -4.02. The van der Waals surface area contributed by atoms with Gasteiger partial charge in [0.15, 0.2) is 5.17 Å². The highest BCUT2D eigenvalue weighted by molar-refractivity contribution is 8.15. The maximum Gasteiger partial charge on any atom is 0.317 e. The van der Waals surface area contributed by atoms with Crippen LogP contribution in [0.4, 0.5) is 10.1 Å². The Bertz CT molecular complexity index is 688. The molecule has 20 heavy (non-hydrogen) atoms. The molecular formula is C11H11FN2O4S2. The Morgan fingerprint density at radius 3 is 2.85 bits per heavy atom. The topological polar surface area (TPSA) is 95.8 Å². The van der Waals surface area contributed by atoms with E-state index < -0.39 is 27.1 Å². The fourth-order valence-electron chi connectivity index (χ4n) is 1.60. The van der Waals surface area contributed by atoms with E-state index in [0.717, 1.165) is 23.9 Å². The van der Waals surface area contributed by atoms with E-state index in [-0.39, 0.29) is 15.8 Å². The maximum absolute atomic E-state index is 13.1. The lowest BCUT2D eigenvalue weighted by molar-refractivity contribution is -0.136. The molecule has 1 atom stereocenters. The van der Waals surface area contributed by atoms with Gasteiger partial charge >= 0.3 is 5.97 Å². The molecule has 1 aromatic rings. The highest BCUT2D eigenvalue weighted by atomic mass is 32.2. The summed E-state index contributed by atoms with van der Waals surface area (Å²) in [5.74, 6) is -1.73. The number of hydrogen-bond donors (Lipinski definition) is 2. The predicted molar refractivity (Wildman–Crippen MR) is 73.9 cm³/mol. The Labute approximate surface area is 119 Å². The Kier molecular flexibility index (Phi) is 4.00. The monoisotopic (exact) mass is 318 g/mol. The normalized spacial score (nSPS) is 17.6. The number of aliphatic carboxylic acids is 1. The van der Waals surface area contributed by atoms with Crippen LogP contribution in [0.1, 0.15) is 13.3 Å². The fourth-order valence-corrected chi connectivity index (χ4v) is 3.80. The Morgan fingerprint density at radius 1 is 1.55 bits per heavy atom. The van der Waals surface area contributed by atoms with E-state index in [1.807, 2.05) is 0 Å². The van der Waals surface area contributed by atoms with Crippen molar-refractivity contribution in [3.05, 3.63) is 24.0 Å². The van der Waals surface area contributed by atoms with Crippen LogP contribution < -0.4 is 5.32 Å². The summed E-state index contributed by atoms with van der Waals surface area (Å²) in [6, 6.07) is 3.26. The molecule has 0 saturated heterocycles. The zero-order chi connectivity index (χ0) is 14.9. The number of amidine groups is 1. The summed E-state index contributed by atoms with van der Waals surface area (Å²) < 4.78 is 40.4. The number of fused-ring (bicyclic) bond motifs is 1. The first-order valence-corrected chi connectivity index (χ1v) is 7.96. The van der Waals surface area contributed by atoms with Crippen molar-refractivity contribution in [2.24, 2.45) is 4.40 Å². The summed E-state index contributed by atoms with van der Waals surface area (Å²) in [6.45, 7) is 1.67. The lowest BCUT2D eigenvalue weighted by Gasteiger charge is -2.19. The number of sulfonamides is 1. The SMILES string of the molecule is CCC(SC1=NS(=O)(=O)c2cc(F)ccc2N1)C(=O)O. The van der Waals surface area contributed by atoms with Gasteiger partial charge in [-0.25, -0.2) is 4.39 Å². The number of carbonyl (C=O) groups is 1. The maximum atomic E-state index is 13.1. The molecule has 0 bridgehead atoms. The lowest BCUT2D eigenvalue weighted by Crippen LogP contribution is -2.24. The molecule has 0 fully saturated rings.